The lowest BCUT2D eigenvalue weighted by atomic mass is 10.1. The molecule has 0 aliphatic heterocycles. The number of ether oxygens (including phenoxy) is 2. The summed E-state index contributed by atoms with van der Waals surface area (Å²) in [5.41, 5.74) is 1.50. The first kappa shape index (κ1) is 18.4. The van der Waals surface area contributed by atoms with Crippen molar-refractivity contribution in [2.45, 2.75) is 19.6 Å². The van der Waals surface area contributed by atoms with E-state index in [1.165, 1.54) is 25.3 Å². The van der Waals surface area contributed by atoms with E-state index < -0.39 is 6.61 Å². The zero-order valence-electron chi connectivity index (χ0n) is 13.8. The molecule has 1 N–H and O–H groups in total. The molecule has 0 radical (unpaired) electrons. The summed E-state index contributed by atoms with van der Waals surface area (Å²) in [7, 11) is 1.35. The van der Waals surface area contributed by atoms with Crippen LogP contribution in [0.2, 0.25) is 0 Å². The topological polar surface area (TPSA) is 60.5 Å². The number of aromatic nitrogens is 1. The van der Waals surface area contributed by atoms with Crippen LogP contribution in [0.25, 0.3) is 6.08 Å². The Morgan fingerprint density at radius 2 is 2.08 bits per heavy atom. The molecule has 1 amide bonds. The van der Waals surface area contributed by atoms with Crippen molar-refractivity contribution in [2.75, 3.05) is 7.11 Å². The smallest absolute Gasteiger partial charge is 0.387 e. The lowest BCUT2D eigenvalue weighted by Crippen LogP contribution is -2.24. The van der Waals surface area contributed by atoms with E-state index in [0.717, 1.165) is 5.56 Å². The molecular weight excluding hydrogens is 330 g/mol. The Kier molecular flexibility index (Phi) is 6.45. The summed E-state index contributed by atoms with van der Waals surface area (Å²) in [6, 6.07) is 7.89. The van der Waals surface area contributed by atoms with Crippen molar-refractivity contribution in [1.82, 2.24) is 10.3 Å². The zero-order valence-corrected chi connectivity index (χ0v) is 13.8. The SMILES string of the molecule is COc1cc(/C=C/C(=O)NC(C)c2cccnc2)ccc1OC(F)F. The van der Waals surface area contributed by atoms with Gasteiger partial charge < -0.3 is 14.8 Å². The maximum Gasteiger partial charge on any atom is 0.387 e. The van der Waals surface area contributed by atoms with Crippen LogP contribution in [0.3, 0.4) is 0 Å². The average molecular weight is 348 g/mol. The van der Waals surface area contributed by atoms with Crippen molar-refractivity contribution in [1.29, 1.82) is 0 Å². The van der Waals surface area contributed by atoms with Gasteiger partial charge in [-0.3, -0.25) is 9.78 Å². The second-order valence-electron chi connectivity index (χ2n) is 5.14. The van der Waals surface area contributed by atoms with E-state index in [9.17, 15) is 13.6 Å². The van der Waals surface area contributed by atoms with E-state index >= 15 is 0 Å². The van der Waals surface area contributed by atoms with Crippen LogP contribution >= 0.6 is 0 Å². The first-order valence-corrected chi connectivity index (χ1v) is 7.51. The number of hydrogen-bond donors (Lipinski definition) is 1. The number of pyridine rings is 1. The van der Waals surface area contributed by atoms with Crippen molar-refractivity contribution >= 4 is 12.0 Å². The van der Waals surface area contributed by atoms with E-state index in [-0.39, 0.29) is 23.4 Å². The van der Waals surface area contributed by atoms with Gasteiger partial charge in [-0.05, 0) is 42.3 Å². The third kappa shape index (κ3) is 5.56. The van der Waals surface area contributed by atoms with Crippen molar-refractivity contribution in [3.05, 3.63) is 59.9 Å². The number of amides is 1. The molecular formula is C18H18F2N2O3. The van der Waals surface area contributed by atoms with Crippen LogP contribution in [0.4, 0.5) is 8.78 Å². The fraction of sp³-hybridized carbons (Fsp3) is 0.222. The molecule has 5 nitrogen and oxygen atoms in total. The Morgan fingerprint density at radius 3 is 2.72 bits per heavy atom. The summed E-state index contributed by atoms with van der Waals surface area (Å²) in [5.74, 6) is -0.195. The Morgan fingerprint density at radius 1 is 1.28 bits per heavy atom. The summed E-state index contributed by atoms with van der Waals surface area (Å²) in [5, 5.41) is 2.81. The summed E-state index contributed by atoms with van der Waals surface area (Å²) in [4.78, 5) is 16.0. The van der Waals surface area contributed by atoms with Gasteiger partial charge in [0.2, 0.25) is 5.91 Å². The molecule has 0 bridgehead atoms. The van der Waals surface area contributed by atoms with Gasteiger partial charge in [-0.1, -0.05) is 12.1 Å². The van der Waals surface area contributed by atoms with Gasteiger partial charge in [0.25, 0.3) is 0 Å². The quantitative estimate of drug-likeness (QED) is 0.777. The highest BCUT2D eigenvalue weighted by atomic mass is 19.3. The molecule has 25 heavy (non-hydrogen) atoms. The van der Waals surface area contributed by atoms with Gasteiger partial charge in [-0.25, -0.2) is 0 Å². The highest BCUT2D eigenvalue weighted by Crippen LogP contribution is 2.29. The summed E-state index contributed by atoms with van der Waals surface area (Å²) in [6.07, 6.45) is 6.25. The minimum Gasteiger partial charge on any atom is -0.493 e. The Bertz CT molecular complexity index is 736. The number of carbonyl (C=O) groups is 1. The number of nitrogens with one attached hydrogen (secondary N) is 1. The van der Waals surface area contributed by atoms with Crippen LogP contribution in [0.5, 0.6) is 11.5 Å². The molecule has 2 aromatic rings. The lowest BCUT2D eigenvalue weighted by Gasteiger charge is -2.12. The highest BCUT2D eigenvalue weighted by molar-refractivity contribution is 5.92. The predicted octanol–water partition coefficient (Wildman–Crippen LogP) is 3.58. The molecule has 1 aromatic carbocycles. The van der Waals surface area contributed by atoms with Crippen LogP contribution in [0.1, 0.15) is 24.1 Å². The standard InChI is InChI=1S/C18H18F2N2O3/c1-12(14-4-3-9-21-11-14)22-17(23)8-6-13-5-7-15(25-18(19)20)16(10-13)24-2/h3-12,18H,1-2H3,(H,22,23)/b8-6+. The molecule has 0 spiro atoms. The average Bonchev–Trinajstić information content (AvgIpc) is 2.61. The first-order chi connectivity index (χ1) is 12.0. The molecule has 7 heteroatoms. The maximum atomic E-state index is 12.3. The molecule has 0 fully saturated rings. The predicted molar refractivity (Wildman–Crippen MR) is 89.5 cm³/mol. The van der Waals surface area contributed by atoms with Gasteiger partial charge in [0.15, 0.2) is 11.5 Å². The molecule has 1 heterocycles. The third-order valence-corrected chi connectivity index (χ3v) is 3.37. The molecule has 0 saturated heterocycles. The fourth-order valence-corrected chi connectivity index (χ4v) is 2.13. The molecule has 2 rings (SSSR count). The molecule has 0 aliphatic carbocycles. The van der Waals surface area contributed by atoms with Gasteiger partial charge in [-0.15, -0.1) is 0 Å². The number of methoxy groups -OCH3 is 1. The van der Waals surface area contributed by atoms with E-state index in [1.54, 1.807) is 30.6 Å². The summed E-state index contributed by atoms with van der Waals surface area (Å²) < 4.78 is 34.0. The Labute approximate surface area is 144 Å². The van der Waals surface area contributed by atoms with Gasteiger partial charge >= 0.3 is 6.61 Å². The van der Waals surface area contributed by atoms with Gasteiger partial charge in [-0.2, -0.15) is 8.78 Å². The van der Waals surface area contributed by atoms with Crippen molar-refractivity contribution < 1.29 is 23.0 Å². The van der Waals surface area contributed by atoms with Crippen LogP contribution in [-0.2, 0) is 4.79 Å². The first-order valence-electron chi connectivity index (χ1n) is 7.51. The second-order valence-corrected chi connectivity index (χ2v) is 5.14. The number of rotatable bonds is 7. The van der Waals surface area contributed by atoms with Crippen LogP contribution < -0.4 is 14.8 Å². The molecule has 132 valence electrons. The largest absolute Gasteiger partial charge is 0.493 e. The molecule has 1 aromatic heterocycles. The number of benzene rings is 1. The Hall–Kier alpha value is -2.96. The maximum absolute atomic E-state index is 12.3. The molecule has 1 unspecified atom stereocenters. The van der Waals surface area contributed by atoms with Crippen molar-refractivity contribution in [3.8, 4) is 11.5 Å². The van der Waals surface area contributed by atoms with E-state index in [4.69, 9.17) is 4.74 Å². The number of carbonyl (C=O) groups excluding carboxylic acids is 1. The minimum absolute atomic E-state index is 0.0655. The lowest BCUT2D eigenvalue weighted by molar-refractivity contribution is -0.117. The molecule has 0 saturated carbocycles. The van der Waals surface area contributed by atoms with Gasteiger partial charge in [0, 0.05) is 18.5 Å². The van der Waals surface area contributed by atoms with Crippen LogP contribution in [0, 0.1) is 0 Å². The molecule has 1 atom stereocenters. The zero-order chi connectivity index (χ0) is 18.2. The van der Waals surface area contributed by atoms with Crippen molar-refractivity contribution in [2.24, 2.45) is 0 Å². The monoisotopic (exact) mass is 348 g/mol. The summed E-state index contributed by atoms with van der Waals surface area (Å²) >= 11 is 0. The van der Waals surface area contributed by atoms with E-state index in [0.29, 0.717) is 5.56 Å². The molecule has 0 aliphatic rings. The second kappa shape index (κ2) is 8.77. The normalized spacial score (nSPS) is 12.2. The van der Waals surface area contributed by atoms with Crippen LogP contribution in [0.15, 0.2) is 48.8 Å². The van der Waals surface area contributed by atoms with Gasteiger partial charge in [0.05, 0.1) is 13.2 Å². The number of nitrogens with zero attached hydrogens (tertiary/aromatic N) is 1. The van der Waals surface area contributed by atoms with Gasteiger partial charge in [0.1, 0.15) is 0 Å². The van der Waals surface area contributed by atoms with E-state index in [1.807, 2.05) is 13.0 Å². The summed E-state index contributed by atoms with van der Waals surface area (Å²) in [6.45, 7) is -1.09. The Balaban J connectivity index is 2.02. The van der Waals surface area contributed by atoms with E-state index in [2.05, 4.69) is 15.0 Å². The van der Waals surface area contributed by atoms with Crippen LogP contribution in [-0.4, -0.2) is 24.6 Å². The minimum atomic E-state index is -2.94. The van der Waals surface area contributed by atoms with Crippen molar-refractivity contribution in [3.63, 3.8) is 0 Å². The third-order valence-electron chi connectivity index (χ3n) is 3.37. The number of halogens is 2. The number of alkyl halides is 2. The number of hydrogen-bond acceptors (Lipinski definition) is 4. The fourth-order valence-electron chi connectivity index (χ4n) is 2.13. The highest BCUT2D eigenvalue weighted by Gasteiger charge is 2.11.